The van der Waals surface area contributed by atoms with Crippen LogP contribution in [0.25, 0.3) is 11.1 Å². The molecule has 84 valence electrons. The van der Waals surface area contributed by atoms with Crippen molar-refractivity contribution < 1.29 is 0 Å². The maximum absolute atomic E-state index is 2.26. The first-order valence-electron chi connectivity index (χ1n) is 6.14. The van der Waals surface area contributed by atoms with Gasteiger partial charge in [-0.3, -0.25) is 0 Å². The Bertz CT molecular complexity index is 545. The minimum absolute atomic E-state index is 0.451. The van der Waals surface area contributed by atoms with Crippen molar-refractivity contribution in [2.24, 2.45) is 0 Å². The molecule has 0 radical (unpaired) electrons. The topological polar surface area (TPSA) is 0 Å². The number of allylic oxidation sites excluding steroid dienone is 2. The molecule has 17 heavy (non-hydrogen) atoms. The summed E-state index contributed by atoms with van der Waals surface area (Å²) < 4.78 is 0. The Morgan fingerprint density at radius 2 is 1.35 bits per heavy atom. The molecule has 1 aliphatic carbocycles. The normalized spacial score (nSPS) is 14.6. The second-order valence-electron chi connectivity index (χ2n) is 4.64. The lowest BCUT2D eigenvalue weighted by molar-refractivity contribution is 0.975. The van der Waals surface area contributed by atoms with Gasteiger partial charge < -0.3 is 0 Å². The predicted octanol–water partition coefficient (Wildman–Crippen LogP) is 4.77. The second-order valence-corrected chi connectivity index (χ2v) is 4.64. The van der Waals surface area contributed by atoms with Gasteiger partial charge >= 0.3 is 0 Å². The van der Waals surface area contributed by atoms with E-state index in [1.165, 1.54) is 27.8 Å². The Kier molecular flexibility index (Phi) is 2.36. The van der Waals surface area contributed by atoms with E-state index in [4.69, 9.17) is 0 Å². The first-order valence-corrected chi connectivity index (χ1v) is 6.14. The Labute approximate surface area is 103 Å². The fourth-order valence-electron chi connectivity index (χ4n) is 2.81. The third kappa shape index (κ3) is 1.44. The summed E-state index contributed by atoms with van der Waals surface area (Å²) in [6.45, 7) is 4.35. The van der Waals surface area contributed by atoms with Crippen molar-refractivity contribution in [2.75, 3.05) is 0 Å². The van der Waals surface area contributed by atoms with Crippen LogP contribution in [0.1, 0.15) is 30.9 Å². The number of rotatable bonds is 1. The monoisotopic (exact) mass is 220 g/mol. The SMILES string of the molecule is CC=C(C)C1c2ccccc2-c2ccccc21. The highest BCUT2D eigenvalue weighted by Gasteiger charge is 2.28. The molecule has 0 saturated carbocycles. The summed E-state index contributed by atoms with van der Waals surface area (Å²) in [5.41, 5.74) is 7.12. The van der Waals surface area contributed by atoms with Crippen molar-refractivity contribution in [3.05, 3.63) is 71.3 Å². The van der Waals surface area contributed by atoms with Crippen LogP contribution in [0.5, 0.6) is 0 Å². The molecule has 0 aromatic heterocycles. The van der Waals surface area contributed by atoms with E-state index < -0.39 is 0 Å². The molecular formula is C17H16. The van der Waals surface area contributed by atoms with E-state index in [9.17, 15) is 0 Å². The molecule has 1 aliphatic rings. The molecule has 0 heterocycles. The van der Waals surface area contributed by atoms with Gasteiger partial charge in [0.05, 0.1) is 0 Å². The van der Waals surface area contributed by atoms with E-state index >= 15 is 0 Å². The van der Waals surface area contributed by atoms with E-state index in [0.29, 0.717) is 5.92 Å². The first kappa shape index (κ1) is 10.3. The maximum Gasteiger partial charge on any atom is 0.0308 e. The maximum atomic E-state index is 2.26. The van der Waals surface area contributed by atoms with Gasteiger partial charge in [0.25, 0.3) is 0 Å². The molecule has 0 nitrogen and oxygen atoms in total. The summed E-state index contributed by atoms with van der Waals surface area (Å²) in [5.74, 6) is 0.451. The van der Waals surface area contributed by atoms with Crippen molar-refractivity contribution in [3.63, 3.8) is 0 Å². The number of benzene rings is 2. The molecular weight excluding hydrogens is 204 g/mol. The zero-order valence-electron chi connectivity index (χ0n) is 10.3. The van der Waals surface area contributed by atoms with Gasteiger partial charge in [0.2, 0.25) is 0 Å². The van der Waals surface area contributed by atoms with Gasteiger partial charge in [-0.25, -0.2) is 0 Å². The Morgan fingerprint density at radius 3 is 1.82 bits per heavy atom. The fraction of sp³-hybridized carbons (Fsp3) is 0.176. The van der Waals surface area contributed by atoms with Crippen LogP contribution in [0.2, 0.25) is 0 Å². The highest BCUT2D eigenvalue weighted by molar-refractivity contribution is 5.80. The molecule has 0 N–H and O–H groups in total. The van der Waals surface area contributed by atoms with Crippen molar-refractivity contribution in [2.45, 2.75) is 19.8 Å². The van der Waals surface area contributed by atoms with Gasteiger partial charge in [0.15, 0.2) is 0 Å². The highest BCUT2D eigenvalue weighted by Crippen LogP contribution is 2.47. The Morgan fingerprint density at radius 1 is 0.882 bits per heavy atom. The third-order valence-electron chi connectivity index (χ3n) is 3.74. The molecule has 3 rings (SSSR count). The number of hydrogen-bond donors (Lipinski definition) is 0. The van der Waals surface area contributed by atoms with Gasteiger partial charge in [-0.15, -0.1) is 0 Å². The van der Waals surface area contributed by atoms with Crippen LogP contribution in [0.4, 0.5) is 0 Å². The molecule has 0 fully saturated rings. The minimum atomic E-state index is 0.451. The van der Waals surface area contributed by atoms with Crippen LogP contribution in [0, 0.1) is 0 Å². The van der Waals surface area contributed by atoms with E-state index in [-0.39, 0.29) is 0 Å². The molecule has 0 heteroatoms. The van der Waals surface area contributed by atoms with E-state index in [0.717, 1.165) is 0 Å². The zero-order valence-corrected chi connectivity index (χ0v) is 10.3. The fourth-order valence-corrected chi connectivity index (χ4v) is 2.81. The van der Waals surface area contributed by atoms with Gasteiger partial charge in [0.1, 0.15) is 0 Å². The van der Waals surface area contributed by atoms with Gasteiger partial charge in [-0.05, 0) is 36.1 Å². The molecule has 0 amide bonds. The standard InChI is InChI=1S/C17H16/c1-3-12(2)17-15-10-6-4-8-13(15)14-9-5-7-11-16(14)17/h3-11,17H,1-2H3. The largest absolute Gasteiger partial charge is 0.0878 e. The second kappa shape index (κ2) is 3.89. The molecule has 2 aromatic rings. The zero-order chi connectivity index (χ0) is 11.8. The summed E-state index contributed by atoms with van der Waals surface area (Å²) in [7, 11) is 0. The van der Waals surface area contributed by atoms with Crippen molar-refractivity contribution in [3.8, 4) is 11.1 Å². The molecule has 0 saturated heterocycles. The average molecular weight is 220 g/mol. The number of fused-ring (bicyclic) bond motifs is 3. The third-order valence-corrected chi connectivity index (χ3v) is 3.74. The van der Waals surface area contributed by atoms with E-state index in [1.54, 1.807) is 0 Å². The Hall–Kier alpha value is -1.82. The molecule has 0 atom stereocenters. The number of hydrogen-bond acceptors (Lipinski definition) is 0. The molecule has 0 bridgehead atoms. The summed E-state index contributed by atoms with van der Waals surface area (Å²) in [4.78, 5) is 0. The van der Waals surface area contributed by atoms with Crippen molar-refractivity contribution in [1.29, 1.82) is 0 Å². The molecule has 0 spiro atoms. The average Bonchev–Trinajstić information content (AvgIpc) is 2.72. The van der Waals surface area contributed by atoms with Gasteiger partial charge in [-0.2, -0.15) is 0 Å². The smallest absolute Gasteiger partial charge is 0.0308 e. The lowest BCUT2D eigenvalue weighted by atomic mass is 9.90. The van der Waals surface area contributed by atoms with Gasteiger partial charge in [-0.1, -0.05) is 60.2 Å². The van der Waals surface area contributed by atoms with E-state index in [1.807, 2.05) is 0 Å². The first-order chi connectivity index (χ1) is 8.33. The quantitative estimate of drug-likeness (QED) is 0.607. The Balaban J connectivity index is 2.31. The predicted molar refractivity (Wildman–Crippen MR) is 73.2 cm³/mol. The summed E-state index contributed by atoms with van der Waals surface area (Å²) in [6.07, 6.45) is 2.23. The summed E-state index contributed by atoms with van der Waals surface area (Å²) >= 11 is 0. The lowest BCUT2D eigenvalue weighted by Gasteiger charge is -2.14. The molecule has 2 aromatic carbocycles. The van der Waals surface area contributed by atoms with Gasteiger partial charge in [0, 0.05) is 5.92 Å². The van der Waals surface area contributed by atoms with Crippen molar-refractivity contribution >= 4 is 0 Å². The van der Waals surface area contributed by atoms with Crippen LogP contribution >= 0.6 is 0 Å². The molecule has 0 unspecified atom stereocenters. The lowest BCUT2D eigenvalue weighted by Crippen LogP contribution is -1.97. The van der Waals surface area contributed by atoms with E-state index in [2.05, 4.69) is 68.5 Å². The van der Waals surface area contributed by atoms with Crippen LogP contribution in [-0.4, -0.2) is 0 Å². The highest BCUT2D eigenvalue weighted by atomic mass is 14.3. The van der Waals surface area contributed by atoms with Crippen LogP contribution in [0.3, 0.4) is 0 Å². The van der Waals surface area contributed by atoms with Crippen molar-refractivity contribution in [1.82, 2.24) is 0 Å². The summed E-state index contributed by atoms with van der Waals surface area (Å²) in [6, 6.07) is 17.5. The minimum Gasteiger partial charge on any atom is -0.0878 e. The summed E-state index contributed by atoms with van der Waals surface area (Å²) in [5, 5.41) is 0. The van der Waals surface area contributed by atoms with Crippen LogP contribution in [0.15, 0.2) is 60.2 Å². The molecule has 0 aliphatic heterocycles. The van der Waals surface area contributed by atoms with Crippen LogP contribution in [-0.2, 0) is 0 Å². The van der Waals surface area contributed by atoms with Crippen LogP contribution < -0.4 is 0 Å².